The third kappa shape index (κ3) is 3.55. The molecule has 0 saturated heterocycles. The molecule has 1 fully saturated rings. The predicted molar refractivity (Wildman–Crippen MR) is 80.3 cm³/mol. The number of aromatic nitrogens is 2. The smallest absolute Gasteiger partial charge is 0.160 e. The monoisotopic (exact) mass is 277 g/mol. The summed E-state index contributed by atoms with van der Waals surface area (Å²) in [6, 6.07) is 1.99. The fourth-order valence-electron chi connectivity index (χ4n) is 3.09. The van der Waals surface area contributed by atoms with Crippen molar-refractivity contribution in [3.8, 4) is 0 Å². The third-order valence-electron chi connectivity index (χ3n) is 4.20. The van der Waals surface area contributed by atoms with E-state index in [4.69, 9.17) is 9.72 Å². The summed E-state index contributed by atoms with van der Waals surface area (Å²) in [6.07, 6.45) is 7.53. The van der Waals surface area contributed by atoms with Gasteiger partial charge in [0.25, 0.3) is 0 Å². The van der Waals surface area contributed by atoms with Gasteiger partial charge in [0.1, 0.15) is 5.60 Å². The van der Waals surface area contributed by atoms with Crippen LogP contribution >= 0.6 is 0 Å². The number of rotatable bonds is 6. The first-order valence-corrected chi connectivity index (χ1v) is 7.78. The van der Waals surface area contributed by atoms with Crippen LogP contribution in [0.2, 0.25) is 0 Å². The average Bonchev–Trinajstić information content (AvgIpc) is 2.48. The highest BCUT2D eigenvalue weighted by molar-refractivity contribution is 5.10. The van der Waals surface area contributed by atoms with Crippen molar-refractivity contribution in [1.29, 1.82) is 0 Å². The van der Waals surface area contributed by atoms with E-state index in [9.17, 15) is 0 Å². The molecule has 1 aromatic rings. The summed E-state index contributed by atoms with van der Waals surface area (Å²) in [4.78, 5) is 9.25. The van der Waals surface area contributed by atoms with Gasteiger partial charge in [-0.25, -0.2) is 9.97 Å². The number of nitrogens with zero attached hydrogens (tertiary/aromatic N) is 2. The van der Waals surface area contributed by atoms with Crippen LogP contribution in [0.5, 0.6) is 0 Å². The summed E-state index contributed by atoms with van der Waals surface area (Å²) >= 11 is 0. The van der Waals surface area contributed by atoms with Gasteiger partial charge < -0.3 is 10.1 Å². The van der Waals surface area contributed by atoms with Crippen molar-refractivity contribution in [1.82, 2.24) is 15.3 Å². The van der Waals surface area contributed by atoms with E-state index in [1.165, 1.54) is 12.8 Å². The first-order chi connectivity index (χ1) is 9.70. The summed E-state index contributed by atoms with van der Waals surface area (Å²) < 4.78 is 5.87. The summed E-state index contributed by atoms with van der Waals surface area (Å²) in [7, 11) is 1.80. The van der Waals surface area contributed by atoms with Gasteiger partial charge in [0.15, 0.2) is 5.82 Å². The van der Waals surface area contributed by atoms with Crippen LogP contribution in [0.25, 0.3) is 0 Å². The molecule has 4 heteroatoms. The van der Waals surface area contributed by atoms with Gasteiger partial charge in [0, 0.05) is 19.9 Å². The lowest BCUT2D eigenvalue weighted by molar-refractivity contribution is -0.0647. The first-order valence-electron chi connectivity index (χ1n) is 7.78. The maximum absolute atomic E-state index is 5.87. The Labute approximate surface area is 122 Å². The first kappa shape index (κ1) is 15.4. The molecule has 1 aromatic heterocycles. The lowest BCUT2D eigenvalue weighted by Gasteiger charge is -2.37. The molecule has 0 bridgehead atoms. The van der Waals surface area contributed by atoms with Crippen molar-refractivity contribution in [2.75, 3.05) is 13.7 Å². The summed E-state index contributed by atoms with van der Waals surface area (Å²) in [5.41, 5.74) is 0.774. The minimum Gasteiger partial charge on any atom is -0.370 e. The second-order valence-electron chi connectivity index (χ2n) is 5.95. The number of hydrogen-bond donors (Lipinski definition) is 1. The van der Waals surface area contributed by atoms with E-state index in [2.05, 4.69) is 24.1 Å². The summed E-state index contributed by atoms with van der Waals surface area (Å²) in [5.74, 6) is 1.54. The Balaban J connectivity index is 2.15. The zero-order valence-electron chi connectivity index (χ0n) is 13.0. The molecule has 1 aliphatic rings. The molecule has 2 atom stereocenters. The highest BCUT2D eigenvalue weighted by atomic mass is 16.5. The van der Waals surface area contributed by atoms with Crippen molar-refractivity contribution >= 4 is 0 Å². The number of nitrogens with one attached hydrogen (secondary N) is 1. The van der Waals surface area contributed by atoms with Gasteiger partial charge in [-0.05, 0) is 44.2 Å². The van der Waals surface area contributed by atoms with Crippen molar-refractivity contribution < 1.29 is 4.74 Å². The topological polar surface area (TPSA) is 47.0 Å². The zero-order valence-corrected chi connectivity index (χ0v) is 13.0. The van der Waals surface area contributed by atoms with Crippen LogP contribution < -0.4 is 5.32 Å². The Bertz CT molecular complexity index is 424. The Hall–Kier alpha value is -1.00. The largest absolute Gasteiger partial charge is 0.370 e. The molecule has 1 N–H and O–H groups in total. The van der Waals surface area contributed by atoms with Crippen LogP contribution in [-0.2, 0) is 16.9 Å². The molecule has 1 saturated carbocycles. The fraction of sp³-hybridized carbons (Fsp3) is 0.750. The molecule has 112 valence electrons. The SMILES string of the molecule is CCCNCc1ccnc(C2(OC)CCCC(C)C2)n1. The molecule has 20 heavy (non-hydrogen) atoms. The number of hydrogen-bond acceptors (Lipinski definition) is 4. The molecular formula is C16H27N3O. The number of ether oxygens (including phenoxy) is 1. The lowest BCUT2D eigenvalue weighted by Crippen LogP contribution is -2.36. The Morgan fingerprint density at radius 2 is 2.35 bits per heavy atom. The molecule has 0 spiro atoms. The fourth-order valence-corrected chi connectivity index (χ4v) is 3.09. The Morgan fingerprint density at radius 3 is 3.05 bits per heavy atom. The standard InChI is InChI=1S/C16H27N3O/c1-4-9-17-12-14-7-10-18-15(19-14)16(20-3)8-5-6-13(2)11-16/h7,10,13,17H,4-6,8-9,11-12H2,1-3H3. The van der Waals surface area contributed by atoms with Gasteiger partial charge >= 0.3 is 0 Å². The quantitative estimate of drug-likeness (QED) is 0.812. The normalized spacial score (nSPS) is 26.6. The zero-order chi connectivity index (χ0) is 14.4. The molecule has 0 aliphatic heterocycles. The van der Waals surface area contributed by atoms with Crippen molar-refractivity contribution in [2.24, 2.45) is 5.92 Å². The minimum atomic E-state index is -0.279. The second-order valence-corrected chi connectivity index (χ2v) is 5.95. The predicted octanol–water partition coefficient (Wildman–Crippen LogP) is 3.03. The highest BCUT2D eigenvalue weighted by Crippen LogP contribution is 2.40. The third-order valence-corrected chi connectivity index (χ3v) is 4.20. The van der Waals surface area contributed by atoms with E-state index in [-0.39, 0.29) is 5.60 Å². The Morgan fingerprint density at radius 1 is 1.50 bits per heavy atom. The van der Waals surface area contributed by atoms with Gasteiger partial charge in [-0.3, -0.25) is 0 Å². The second kappa shape index (κ2) is 7.14. The van der Waals surface area contributed by atoms with E-state index in [0.29, 0.717) is 5.92 Å². The van der Waals surface area contributed by atoms with Gasteiger partial charge in [-0.15, -0.1) is 0 Å². The molecule has 0 amide bonds. The molecule has 0 aromatic carbocycles. The van der Waals surface area contributed by atoms with Crippen LogP contribution in [0.15, 0.2) is 12.3 Å². The van der Waals surface area contributed by atoms with Gasteiger partial charge in [-0.1, -0.05) is 20.3 Å². The molecule has 1 aliphatic carbocycles. The van der Waals surface area contributed by atoms with Gasteiger partial charge in [0.05, 0.1) is 5.69 Å². The van der Waals surface area contributed by atoms with Crippen LogP contribution in [0.1, 0.15) is 57.5 Å². The molecule has 0 radical (unpaired) electrons. The molecular weight excluding hydrogens is 250 g/mol. The van der Waals surface area contributed by atoms with Crippen molar-refractivity contribution in [2.45, 2.75) is 58.1 Å². The number of methoxy groups -OCH3 is 1. The van der Waals surface area contributed by atoms with E-state index in [1.807, 2.05) is 12.3 Å². The van der Waals surface area contributed by atoms with Gasteiger partial charge in [0.2, 0.25) is 0 Å². The van der Waals surface area contributed by atoms with Crippen molar-refractivity contribution in [3.05, 3.63) is 23.8 Å². The summed E-state index contributed by atoms with van der Waals surface area (Å²) in [5, 5.41) is 3.39. The van der Waals surface area contributed by atoms with E-state index < -0.39 is 0 Å². The molecule has 2 unspecified atom stereocenters. The van der Waals surface area contributed by atoms with E-state index in [1.54, 1.807) is 7.11 Å². The lowest BCUT2D eigenvalue weighted by atomic mass is 9.78. The van der Waals surface area contributed by atoms with Gasteiger partial charge in [-0.2, -0.15) is 0 Å². The van der Waals surface area contributed by atoms with E-state index >= 15 is 0 Å². The maximum Gasteiger partial charge on any atom is 0.160 e. The molecule has 4 nitrogen and oxygen atoms in total. The van der Waals surface area contributed by atoms with E-state index in [0.717, 1.165) is 43.9 Å². The Kier molecular flexibility index (Phi) is 5.49. The van der Waals surface area contributed by atoms with Crippen LogP contribution in [0.4, 0.5) is 0 Å². The molecule has 2 rings (SSSR count). The average molecular weight is 277 g/mol. The highest BCUT2D eigenvalue weighted by Gasteiger charge is 2.39. The van der Waals surface area contributed by atoms with Crippen LogP contribution in [0.3, 0.4) is 0 Å². The van der Waals surface area contributed by atoms with Crippen LogP contribution in [0, 0.1) is 5.92 Å². The molecule has 1 heterocycles. The maximum atomic E-state index is 5.87. The van der Waals surface area contributed by atoms with Crippen LogP contribution in [-0.4, -0.2) is 23.6 Å². The summed E-state index contributed by atoms with van der Waals surface area (Å²) in [6.45, 7) is 6.28. The van der Waals surface area contributed by atoms with Crippen molar-refractivity contribution in [3.63, 3.8) is 0 Å². The minimum absolute atomic E-state index is 0.279.